The Hall–Kier alpha value is -1.44. The fraction of sp³-hybridized carbons (Fsp3) is 0.111. The summed E-state index contributed by atoms with van der Waals surface area (Å²) < 4.78 is 0. The van der Waals surface area contributed by atoms with Gasteiger partial charge in [0.2, 0.25) is 0 Å². The van der Waals surface area contributed by atoms with E-state index < -0.39 is 0 Å². The molecular formula is C9H7N2. The van der Waals surface area contributed by atoms with Gasteiger partial charge in [0.1, 0.15) is 6.20 Å². The maximum atomic E-state index is 3.89. The zero-order chi connectivity index (χ0) is 7.52. The molecule has 0 N–H and O–H groups in total. The molecule has 0 saturated carbocycles. The van der Waals surface area contributed by atoms with E-state index in [1.807, 2.05) is 24.3 Å². The minimum Gasteiger partial charge on any atom is -0.184 e. The second-order valence-electron chi connectivity index (χ2n) is 2.37. The van der Waals surface area contributed by atoms with Crippen molar-refractivity contribution in [3.8, 4) is 0 Å². The van der Waals surface area contributed by atoms with E-state index in [1.165, 1.54) is 5.56 Å². The predicted octanol–water partition coefficient (Wildman–Crippen LogP) is 2.43. The second-order valence-corrected chi connectivity index (χ2v) is 2.37. The van der Waals surface area contributed by atoms with Crippen LogP contribution in [0.25, 0.3) is 6.08 Å². The van der Waals surface area contributed by atoms with Crippen molar-refractivity contribution in [3.05, 3.63) is 41.6 Å². The van der Waals surface area contributed by atoms with Gasteiger partial charge in [-0.15, -0.1) is 0 Å². The molecule has 2 heteroatoms. The van der Waals surface area contributed by atoms with Gasteiger partial charge in [0.15, 0.2) is 0 Å². The lowest BCUT2D eigenvalue weighted by molar-refractivity contribution is 0.957. The first-order chi connectivity index (χ1) is 5.47. The lowest BCUT2D eigenvalue weighted by Crippen LogP contribution is -1.83. The average Bonchev–Trinajstić information content (AvgIpc) is 2.28. The van der Waals surface area contributed by atoms with Crippen LogP contribution in [0.1, 0.15) is 11.1 Å². The van der Waals surface area contributed by atoms with E-state index in [0.29, 0.717) is 6.54 Å². The highest BCUT2D eigenvalue weighted by Crippen LogP contribution is 2.14. The summed E-state index contributed by atoms with van der Waals surface area (Å²) >= 11 is 0. The summed E-state index contributed by atoms with van der Waals surface area (Å²) in [5, 5.41) is 7.60. The molecule has 11 heavy (non-hydrogen) atoms. The molecule has 1 radical (unpaired) electrons. The third-order valence-electron chi connectivity index (χ3n) is 1.64. The third kappa shape index (κ3) is 1.19. The Labute approximate surface area is 65.3 Å². The summed E-state index contributed by atoms with van der Waals surface area (Å²) in [4.78, 5) is 0. The minimum absolute atomic E-state index is 0.666. The van der Waals surface area contributed by atoms with E-state index in [1.54, 1.807) is 0 Å². The lowest BCUT2D eigenvalue weighted by Gasteiger charge is -1.97. The maximum absolute atomic E-state index is 3.89. The molecule has 1 aromatic rings. The highest BCUT2D eigenvalue weighted by atomic mass is 15.1. The van der Waals surface area contributed by atoms with Crippen molar-refractivity contribution in [1.29, 1.82) is 0 Å². The van der Waals surface area contributed by atoms with Crippen LogP contribution in [0.4, 0.5) is 0 Å². The van der Waals surface area contributed by atoms with Crippen molar-refractivity contribution in [1.82, 2.24) is 0 Å². The highest BCUT2D eigenvalue weighted by Gasteiger charge is 1.98. The van der Waals surface area contributed by atoms with Gasteiger partial charge in [0.25, 0.3) is 0 Å². The molecule has 53 valence electrons. The Bertz CT molecular complexity index is 313. The van der Waals surface area contributed by atoms with Crippen LogP contribution < -0.4 is 0 Å². The summed E-state index contributed by atoms with van der Waals surface area (Å²) in [5.74, 6) is 0. The van der Waals surface area contributed by atoms with Crippen molar-refractivity contribution in [2.24, 2.45) is 10.2 Å². The molecule has 0 atom stereocenters. The van der Waals surface area contributed by atoms with E-state index in [9.17, 15) is 0 Å². The molecule has 1 heterocycles. The molecule has 0 saturated heterocycles. The normalized spacial score (nSPS) is 14.2. The standard InChI is InChI=1S/C9H7N2/c1-2-4-9-7-11-10-6-5-8(9)3-1/h1-5H,7H2. The summed E-state index contributed by atoms with van der Waals surface area (Å²) in [7, 11) is 0. The van der Waals surface area contributed by atoms with Gasteiger partial charge in [0, 0.05) is 0 Å². The summed E-state index contributed by atoms with van der Waals surface area (Å²) in [6.07, 6.45) is 4.59. The van der Waals surface area contributed by atoms with Gasteiger partial charge < -0.3 is 0 Å². The number of rotatable bonds is 0. The Morgan fingerprint density at radius 2 is 2.18 bits per heavy atom. The van der Waals surface area contributed by atoms with E-state index in [0.717, 1.165) is 5.56 Å². The molecule has 0 spiro atoms. The number of fused-ring (bicyclic) bond motifs is 1. The third-order valence-corrected chi connectivity index (χ3v) is 1.64. The molecule has 2 nitrogen and oxygen atoms in total. The fourth-order valence-corrected chi connectivity index (χ4v) is 1.07. The molecule has 0 aliphatic carbocycles. The summed E-state index contributed by atoms with van der Waals surface area (Å²) in [6.45, 7) is 0.666. The SMILES string of the molecule is [C]1=Cc2ccccc2CN=N1. The number of nitrogens with zero attached hydrogens (tertiary/aromatic N) is 2. The second kappa shape index (κ2) is 2.66. The van der Waals surface area contributed by atoms with E-state index >= 15 is 0 Å². The minimum atomic E-state index is 0.666. The van der Waals surface area contributed by atoms with E-state index in [-0.39, 0.29) is 0 Å². The zero-order valence-electron chi connectivity index (χ0n) is 5.99. The first-order valence-corrected chi connectivity index (χ1v) is 3.50. The zero-order valence-corrected chi connectivity index (χ0v) is 5.99. The molecule has 0 bridgehead atoms. The molecule has 1 aliphatic heterocycles. The van der Waals surface area contributed by atoms with Crippen LogP contribution in [-0.4, -0.2) is 0 Å². The molecule has 1 aliphatic rings. The maximum Gasteiger partial charge on any atom is 0.113 e. The molecule has 0 fully saturated rings. The van der Waals surface area contributed by atoms with E-state index in [2.05, 4.69) is 22.5 Å². The van der Waals surface area contributed by atoms with Gasteiger partial charge in [0.05, 0.1) is 6.54 Å². The van der Waals surface area contributed by atoms with Crippen LogP contribution in [0.5, 0.6) is 0 Å². The van der Waals surface area contributed by atoms with Gasteiger partial charge in [-0.2, -0.15) is 10.2 Å². The number of hydrogen-bond donors (Lipinski definition) is 0. The Morgan fingerprint density at radius 3 is 3.18 bits per heavy atom. The van der Waals surface area contributed by atoms with Gasteiger partial charge in [-0.05, 0) is 17.2 Å². The van der Waals surface area contributed by atoms with E-state index in [4.69, 9.17) is 0 Å². The molecule has 0 amide bonds. The van der Waals surface area contributed by atoms with Crippen molar-refractivity contribution < 1.29 is 0 Å². The topological polar surface area (TPSA) is 24.7 Å². The van der Waals surface area contributed by atoms with Gasteiger partial charge in [-0.3, -0.25) is 0 Å². The van der Waals surface area contributed by atoms with Crippen LogP contribution in [-0.2, 0) is 6.54 Å². The van der Waals surface area contributed by atoms with Crippen molar-refractivity contribution in [3.63, 3.8) is 0 Å². The van der Waals surface area contributed by atoms with Crippen LogP contribution in [0.15, 0.2) is 34.5 Å². The highest BCUT2D eigenvalue weighted by molar-refractivity contribution is 5.52. The Kier molecular flexibility index (Phi) is 1.52. The monoisotopic (exact) mass is 143 g/mol. The first-order valence-electron chi connectivity index (χ1n) is 3.50. The van der Waals surface area contributed by atoms with Crippen LogP contribution >= 0.6 is 0 Å². The Balaban J connectivity index is 2.52. The number of benzene rings is 1. The molecule has 1 aromatic carbocycles. The smallest absolute Gasteiger partial charge is 0.113 e. The average molecular weight is 143 g/mol. The van der Waals surface area contributed by atoms with Crippen molar-refractivity contribution in [2.75, 3.05) is 0 Å². The molecule has 0 aromatic heterocycles. The predicted molar refractivity (Wildman–Crippen MR) is 42.7 cm³/mol. The molecule has 2 rings (SSSR count). The largest absolute Gasteiger partial charge is 0.184 e. The number of azo groups is 1. The van der Waals surface area contributed by atoms with Crippen LogP contribution in [0, 0.1) is 6.20 Å². The van der Waals surface area contributed by atoms with Crippen LogP contribution in [0.3, 0.4) is 0 Å². The van der Waals surface area contributed by atoms with Crippen molar-refractivity contribution in [2.45, 2.75) is 6.54 Å². The quantitative estimate of drug-likeness (QED) is 0.533. The fourth-order valence-electron chi connectivity index (χ4n) is 1.07. The van der Waals surface area contributed by atoms with Crippen molar-refractivity contribution >= 4 is 6.08 Å². The van der Waals surface area contributed by atoms with Gasteiger partial charge in [-0.25, -0.2) is 0 Å². The first kappa shape index (κ1) is 6.28. The molecule has 0 unspecified atom stereocenters. The summed E-state index contributed by atoms with van der Waals surface area (Å²) in [5.41, 5.74) is 2.37. The number of hydrogen-bond acceptors (Lipinski definition) is 2. The van der Waals surface area contributed by atoms with Gasteiger partial charge >= 0.3 is 0 Å². The van der Waals surface area contributed by atoms with Gasteiger partial charge in [-0.1, -0.05) is 24.3 Å². The molecular weight excluding hydrogens is 136 g/mol. The Morgan fingerprint density at radius 1 is 1.27 bits per heavy atom. The lowest BCUT2D eigenvalue weighted by atomic mass is 10.1. The van der Waals surface area contributed by atoms with Crippen LogP contribution in [0.2, 0.25) is 0 Å². The summed E-state index contributed by atoms with van der Waals surface area (Å²) in [6, 6.07) is 8.10.